The first kappa shape index (κ1) is 22.1. The van der Waals surface area contributed by atoms with Gasteiger partial charge in [-0.15, -0.1) is 10.2 Å². The van der Waals surface area contributed by atoms with Gasteiger partial charge in [0, 0.05) is 12.0 Å². The Morgan fingerprint density at radius 1 is 0.929 bits per heavy atom. The van der Waals surface area contributed by atoms with E-state index in [1.807, 2.05) is 0 Å². The van der Waals surface area contributed by atoms with Crippen molar-refractivity contribution < 1.29 is 38.3 Å². The van der Waals surface area contributed by atoms with Gasteiger partial charge in [-0.05, 0) is 32.9 Å². The Morgan fingerprint density at radius 2 is 1.50 bits per heavy atom. The van der Waals surface area contributed by atoms with Crippen LogP contribution in [0.1, 0.15) is 31.4 Å². The average molecular weight is 406 g/mol. The highest BCUT2D eigenvalue weighted by Crippen LogP contribution is 2.22. The number of nitrogens with one attached hydrogen (secondary N) is 1. The molecule has 6 nitrogen and oxygen atoms in total. The third-order valence-corrected chi connectivity index (χ3v) is 4.27. The minimum absolute atomic E-state index is 0.423. The lowest BCUT2D eigenvalue weighted by atomic mass is 10.1. The van der Waals surface area contributed by atoms with Crippen LogP contribution in [0.3, 0.4) is 0 Å². The van der Waals surface area contributed by atoms with Crippen molar-refractivity contribution in [2.75, 3.05) is 0 Å². The Balaban J connectivity index is 0.000000500. The fourth-order valence-electron chi connectivity index (χ4n) is 2.65. The first-order valence-electron chi connectivity index (χ1n) is 8.89. The second kappa shape index (κ2) is 9.32. The third kappa shape index (κ3) is 6.74. The maximum atomic E-state index is 8.49. The van der Waals surface area contributed by atoms with Crippen LogP contribution in [0.2, 0.25) is 0 Å². The number of aryl methyl sites for hydroxylation is 2. The standard InChI is InChI=1S/C21H23NO.ClHO4/c1-5-16(4)22-19-13-21(17-9-6-14(2)7-10-17)23-20-11-8-15(3)12-18(19)20;2-1(3,4)5/h6-13,16H,5H2,1-4H3;(H,2,3,4,5). The van der Waals surface area contributed by atoms with Crippen LogP contribution in [0.5, 0.6) is 0 Å². The van der Waals surface area contributed by atoms with E-state index in [0.29, 0.717) is 6.04 Å². The SMILES string of the molecule is CCC(C)[NH+]=c1cc(-c2ccc(C)cc2)oc2ccc(C)cc12.[O-][Cl+3]([O-])([O-])[O-]. The topological polar surface area (TPSA) is 119 Å². The largest absolute Gasteiger partial charge is 0.456 e. The van der Waals surface area contributed by atoms with Gasteiger partial charge in [0.2, 0.25) is 5.36 Å². The number of halogens is 1. The average Bonchev–Trinajstić information content (AvgIpc) is 2.61. The van der Waals surface area contributed by atoms with Crippen LogP contribution in [0, 0.1) is 24.1 Å². The molecular weight excluding hydrogens is 382 g/mol. The van der Waals surface area contributed by atoms with Crippen LogP contribution in [0.15, 0.2) is 52.9 Å². The van der Waals surface area contributed by atoms with Crippen LogP contribution in [-0.2, 0) is 0 Å². The van der Waals surface area contributed by atoms with E-state index in [-0.39, 0.29) is 0 Å². The van der Waals surface area contributed by atoms with Gasteiger partial charge in [-0.2, -0.15) is 0 Å². The van der Waals surface area contributed by atoms with Crippen LogP contribution in [0.25, 0.3) is 22.3 Å². The molecule has 1 N–H and O–H groups in total. The molecule has 0 radical (unpaired) electrons. The maximum absolute atomic E-state index is 8.49. The quantitative estimate of drug-likeness (QED) is 0.583. The van der Waals surface area contributed by atoms with Crippen molar-refractivity contribution in [2.45, 2.75) is 40.2 Å². The Bertz CT molecular complexity index is 984. The van der Waals surface area contributed by atoms with Crippen molar-refractivity contribution >= 4 is 11.0 Å². The lowest BCUT2D eigenvalue weighted by molar-refractivity contribution is -2.00. The summed E-state index contributed by atoms with van der Waals surface area (Å²) in [5, 5.41) is 2.28. The fourth-order valence-corrected chi connectivity index (χ4v) is 2.65. The van der Waals surface area contributed by atoms with Crippen LogP contribution in [0.4, 0.5) is 0 Å². The van der Waals surface area contributed by atoms with E-state index in [2.05, 4.69) is 81.2 Å². The molecule has 3 aromatic rings. The Morgan fingerprint density at radius 3 is 2.07 bits per heavy atom. The Labute approximate surface area is 166 Å². The lowest BCUT2D eigenvalue weighted by Gasteiger charge is -2.17. The number of hydrogen-bond acceptors (Lipinski definition) is 5. The summed E-state index contributed by atoms with van der Waals surface area (Å²) in [5.41, 5.74) is 4.51. The molecule has 0 aliphatic rings. The van der Waals surface area contributed by atoms with E-state index in [1.165, 1.54) is 11.1 Å². The second-order valence-corrected chi connectivity index (χ2v) is 7.48. The molecule has 0 bridgehead atoms. The summed E-state index contributed by atoms with van der Waals surface area (Å²) in [6.45, 7) is 8.61. The van der Waals surface area contributed by atoms with Crippen molar-refractivity contribution in [3.63, 3.8) is 0 Å². The summed E-state index contributed by atoms with van der Waals surface area (Å²) < 4.78 is 40.1. The van der Waals surface area contributed by atoms with Crippen molar-refractivity contribution in [1.82, 2.24) is 0 Å². The third-order valence-electron chi connectivity index (χ3n) is 4.27. The van der Waals surface area contributed by atoms with E-state index in [4.69, 9.17) is 23.1 Å². The summed E-state index contributed by atoms with van der Waals surface area (Å²) in [6.07, 6.45) is 1.08. The number of fused-ring (bicyclic) bond motifs is 1. The lowest BCUT2D eigenvalue weighted by Crippen LogP contribution is -2.81. The molecule has 0 amide bonds. The highest BCUT2D eigenvalue weighted by Gasteiger charge is 2.10. The zero-order valence-corrected chi connectivity index (χ0v) is 17.1. The first-order valence-corrected chi connectivity index (χ1v) is 10.1. The molecule has 1 unspecified atom stereocenters. The van der Waals surface area contributed by atoms with Crippen molar-refractivity contribution in [2.24, 2.45) is 0 Å². The maximum Gasteiger partial charge on any atom is 0.213 e. The van der Waals surface area contributed by atoms with E-state index in [9.17, 15) is 0 Å². The molecule has 2 aromatic carbocycles. The van der Waals surface area contributed by atoms with E-state index >= 15 is 0 Å². The minimum atomic E-state index is -4.94. The smallest absolute Gasteiger partial charge is 0.213 e. The Hall–Kier alpha value is -2.22. The van der Waals surface area contributed by atoms with Crippen LogP contribution in [-0.4, -0.2) is 6.04 Å². The van der Waals surface area contributed by atoms with Gasteiger partial charge in [0.05, 0.1) is 11.5 Å². The summed E-state index contributed by atoms with van der Waals surface area (Å²) in [6, 6.07) is 17.3. The number of hydrogen-bond donors (Lipinski definition) is 1. The highest BCUT2D eigenvalue weighted by molar-refractivity contribution is 5.78. The van der Waals surface area contributed by atoms with Crippen LogP contribution < -0.4 is 29.0 Å². The molecule has 0 spiro atoms. The molecule has 1 atom stereocenters. The molecule has 0 saturated heterocycles. The predicted molar refractivity (Wildman–Crippen MR) is 95.0 cm³/mol. The summed E-state index contributed by atoms with van der Waals surface area (Å²) >= 11 is 0. The van der Waals surface area contributed by atoms with Crippen molar-refractivity contribution in [3.8, 4) is 11.3 Å². The summed E-state index contributed by atoms with van der Waals surface area (Å²) in [4.78, 5) is 3.62. The summed E-state index contributed by atoms with van der Waals surface area (Å²) in [7, 11) is -4.94. The predicted octanol–water partition coefficient (Wildman–Crippen LogP) is -1.26. The van der Waals surface area contributed by atoms with Gasteiger partial charge in [0.15, 0.2) is 0 Å². The van der Waals surface area contributed by atoms with E-state index in [1.54, 1.807) is 0 Å². The van der Waals surface area contributed by atoms with Gasteiger partial charge in [-0.3, -0.25) is 0 Å². The second-order valence-electron chi connectivity index (χ2n) is 6.72. The molecule has 28 heavy (non-hydrogen) atoms. The van der Waals surface area contributed by atoms with Gasteiger partial charge in [0.1, 0.15) is 17.4 Å². The highest BCUT2D eigenvalue weighted by atomic mass is 35.7. The molecule has 0 aliphatic carbocycles. The van der Waals surface area contributed by atoms with Gasteiger partial charge < -0.3 is 4.42 Å². The van der Waals surface area contributed by atoms with Crippen molar-refractivity contribution in [3.05, 3.63) is 65.0 Å². The minimum Gasteiger partial charge on any atom is -0.456 e. The van der Waals surface area contributed by atoms with Gasteiger partial charge in [0.25, 0.3) is 0 Å². The van der Waals surface area contributed by atoms with Gasteiger partial charge in [-0.1, -0.05) is 48.4 Å². The number of rotatable bonds is 3. The summed E-state index contributed by atoms with van der Waals surface area (Å²) in [5.74, 6) is 0.896. The van der Waals surface area contributed by atoms with Crippen molar-refractivity contribution in [1.29, 1.82) is 0 Å². The molecule has 0 aliphatic heterocycles. The zero-order chi connectivity index (χ0) is 20.9. The zero-order valence-electron chi connectivity index (χ0n) is 16.3. The monoisotopic (exact) mass is 405 g/mol. The number of benzene rings is 2. The van der Waals surface area contributed by atoms with E-state index in [0.717, 1.165) is 34.1 Å². The molecule has 0 fully saturated rings. The first-order chi connectivity index (χ1) is 13.1. The Kier molecular flexibility index (Phi) is 7.35. The van der Waals surface area contributed by atoms with E-state index < -0.39 is 10.2 Å². The molecule has 7 heteroatoms. The normalized spacial score (nSPS) is 13.2. The molecule has 3 rings (SSSR count). The molecule has 150 valence electrons. The fraction of sp³-hybridized carbons (Fsp3) is 0.286. The molecule has 0 saturated carbocycles. The van der Waals surface area contributed by atoms with Crippen LogP contribution >= 0.6 is 0 Å². The van der Waals surface area contributed by atoms with Gasteiger partial charge >= 0.3 is 0 Å². The molecule has 1 heterocycles. The van der Waals surface area contributed by atoms with Gasteiger partial charge in [-0.25, -0.2) is 23.6 Å². The molecule has 1 aromatic heterocycles. The molecular formula is C21H24ClNO5.